The molecule has 1 amide bonds. The summed E-state index contributed by atoms with van der Waals surface area (Å²) >= 11 is 5.82. The normalized spacial score (nSPS) is 11.0. The van der Waals surface area contributed by atoms with E-state index in [9.17, 15) is 4.79 Å². The monoisotopic (exact) mass is 379 g/mol. The Kier molecular flexibility index (Phi) is 6.58. The Morgan fingerprint density at radius 2 is 1.59 bits per heavy atom. The number of likely N-dealkylation sites (N-methyl/N-ethyl adjacent to an activating group) is 1. The molecule has 1 N–H and O–H groups in total. The van der Waals surface area contributed by atoms with Crippen LogP contribution in [0.1, 0.15) is 22.7 Å². The van der Waals surface area contributed by atoms with Gasteiger partial charge in [-0.15, -0.1) is 0 Å². The van der Waals surface area contributed by atoms with Crippen molar-refractivity contribution in [1.29, 1.82) is 0 Å². The lowest BCUT2D eigenvalue weighted by Crippen LogP contribution is -2.37. The Morgan fingerprint density at radius 3 is 2.11 bits per heavy atom. The van der Waals surface area contributed by atoms with E-state index in [1.54, 1.807) is 12.3 Å². The first-order valence-corrected chi connectivity index (χ1v) is 9.18. The van der Waals surface area contributed by atoms with Crippen LogP contribution in [0.15, 0.2) is 79.0 Å². The van der Waals surface area contributed by atoms with Gasteiger partial charge in [0.25, 0.3) is 0 Å². The van der Waals surface area contributed by atoms with Gasteiger partial charge in [-0.3, -0.25) is 9.69 Å². The number of hydrogen-bond donors (Lipinski definition) is 1. The van der Waals surface area contributed by atoms with Crippen LogP contribution in [-0.4, -0.2) is 29.4 Å². The van der Waals surface area contributed by atoms with Gasteiger partial charge in [-0.1, -0.05) is 78.3 Å². The van der Waals surface area contributed by atoms with Crippen molar-refractivity contribution in [2.75, 3.05) is 13.6 Å². The van der Waals surface area contributed by atoms with Gasteiger partial charge in [0.1, 0.15) is 5.15 Å². The van der Waals surface area contributed by atoms with Crippen molar-refractivity contribution in [3.63, 3.8) is 0 Å². The third-order valence-electron chi connectivity index (χ3n) is 4.23. The van der Waals surface area contributed by atoms with Crippen LogP contribution in [0.4, 0.5) is 0 Å². The number of carbonyl (C=O) groups is 1. The molecule has 0 bridgehead atoms. The summed E-state index contributed by atoms with van der Waals surface area (Å²) in [5, 5.41) is 3.62. The molecular formula is C22H22ClN3O. The molecule has 0 atom stereocenters. The zero-order chi connectivity index (χ0) is 19.1. The highest BCUT2D eigenvalue weighted by atomic mass is 35.5. The van der Waals surface area contributed by atoms with Crippen molar-refractivity contribution in [1.82, 2.24) is 15.2 Å². The molecule has 1 heterocycles. The van der Waals surface area contributed by atoms with Crippen LogP contribution in [0, 0.1) is 0 Å². The summed E-state index contributed by atoms with van der Waals surface area (Å²) in [6.07, 6.45) is 1.73. The van der Waals surface area contributed by atoms with E-state index in [0.717, 1.165) is 16.7 Å². The van der Waals surface area contributed by atoms with Crippen molar-refractivity contribution in [2.24, 2.45) is 0 Å². The Hall–Kier alpha value is -2.69. The second kappa shape index (κ2) is 9.31. The van der Waals surface area contributed by atoms with Crippen LogP contribution >= 0.6 is 11.6 Å². The van der Waals surface area contributed by atoms with E-state index in [4.69, 9.17) is 11.6 Å². The van der Waals surface area contributed by atoms with Crippen LogP contribution in [0.5, 0.6) is 0 Å². The number of pyridine rings is 1. The molecule has 3 rings (SSSR count). The maximum atomic E-state index is 12.7. The molecule has 2 aromatic carbocycles. The summed E-state index contributed by atoms with van der Waals surface area (Å²) < 4.78 is 0. The molecular weight excluding hydrogens is 358 g/mol. The number of benzene rings is 2. The molecule has 0 saturated carbocycles. The minimum atomic E-state index is -0.175. The third-order valence-corrected chi connectivity index (χ3v) is 4.45. The van der Waals surface area contributed by atoms with Crippen LogP contribution in [0.25, 0.3) is 0 Å². The second-order valence-electron chi connectivity index (χ2n) is 6.48. The summed E-state index contributed by atoms with van der Waals surface area (Å²) in [7, 11) is 1.91. The molecule has 1 aromatic heterocycles. The number of hydrogen-bond acceptors (Lipinski definition) is 3. The molecule has 27 heavy (non-hydrogen) atoms. The average Bonchev–Trinajstić information content (AvgIpc) is 2.69. The fourth-order valence-electron chi connectivity index (χ4n) is 2.97. The van der Waals surface area contributed by atoms with Crippen molar-refractivity contribution in [3.8, 4) is 0 Å². The third kappa shape index (κ3) is 5.64. The quantitative estimate of drug-likeness (QED) is 0.629. The predicted octanol–water partition coefficient (Wildman–Crippen LogP) is 4.07. The van der Waals surface area contributed by atoms with Gasteiger partial charge in [-0.2, -0.15) is 0 Å². The average molecular weight is 380 g/mol. The summed E-state index contributed by atoms with van der Waals surface area (Å²) in [6, 6.07) is 23.5. The summed E-state index contributed by atoms with van der Waals surface area (Å²) in [4.78, 5) is 18.7. The van der Waals surface area contributed by atoms with Crippen LogP contribution in [-0.2, 0) is 11.3 Å². The van der Waals surface area contributed by atoms with Gasteiger partial charge >= 0.3 is 0 Å². The first-order valence-electron chi connectivity index (χ1n) is 8.80. The predicted molar refractivity (Wildman–Crippen MR) is 108 cm³/mol. The first kappa shape index (κ1) is 19.1. The first-order chi connectivity index (χ1) is 13.1. The van der Waals surface area contributed by atoms with Gasteiger partial charge < -0.3 is 5.32 Å². The molecule has 0 radical (unpaired) electrons. The van der Waals surface area contributed by atoms with E-state index in [1.807, 2.05) is 78.7 Å². The zero-order valence-corrected chi connectivity index (χ0v) is 15.9. The molecule has 0 spiro atoms. The molecule has 0 unspecified atom stereocenters. The van der Waals surface area contributed by atoms with Crippen LogP contribution in [0.3, 0.4) is 0 Å². The highest BCUT2D eigenvalue weighted by Gasteiger charge is 2.17. The SMILES string of the molecule is CN(CC(=O)NC(c1ccccc1)c1ccccc1)Cc1ccc(Cl)nc1. The largest absolute Gasteiger partial charge is 0.344 e. The summed E-state index contributed by atoms with van der Waals surface area (Å²) in [5.74, 6) is -0.0304. The topological polar surface area (TPSA) is 45.2 Å². The van der Waals surface area contributed by atoms with Crippen LogP contribution in [0.2, 0.25) is 5.15 Å². The molecule has 4 nitrogen and oxygen atoms in total. The molecule has 0 saturated heterocycles. The van der Waals surface area contributed by atoms with Gasteiger partial charge in [0.2, 0.25) is 5.91 Å². The highest BCUT2D eigenvalue weighted by molar-refractivity contribution is 6.29. The number of nitrogens with one attached hydrogen (secondary N) is 1. The lowest BCUT2D eigenvalue weighted by Gasteiger charge is -2.22. The Labute approximate surface area is 164 Å². The summed E-state index contributed by atoms with van der Waals surface area (Å²) in [5.41, 5.74) is 3.13. The fourth-order valence-corrected chi connectivity index (χ4v) is 3.08. The van der Waals surface area contributed by atoms with E-state index < -0.39 is 0 Å². The maximum absolute atomic E-state index is 12.7. The van der Waals surface area contributed by atoms with Crippen molar-refractivity contribution in [2.45, 2.75) is 12.6 Å². The number of amides is 1. The molecule has 0 aliphatic carbocycles. The number of carbonyl (C=O) groups excluding carboxylic acids is 1. The fraction of sp³-hybridized carbons (Fsp3) is 0.182. The van der Waals surface area contributed by atoms with Gasteiger partial charge in [0.05, 0.1) is 12.6 Å². The molecule has 0 aliphatic heterocycles. The van der Waals surface area contributed by atoms with E-state index >= 15 is 0 Å². The molecule has 5 heteroatoms. The Morgan fingerprint density at radius 1 is 1.00 bits per heavy atom. The van der Waals surface area contributed by atoms with Crippen molar-refractivity contribution >= 4 is 17.5 Å². The lowest BCUT2D eigenvalue weighted by atomic mass is 9.99. The smallest absolute Gasteiger partial charge is 0.234 e. The number of aromatic nitrogens is 1. The molecule has 3 aromatic rings. The lowest BCUT2D eigenvalue weighted by molar-refractivity contribution is -0.122. The standard InChI is InChI=1S/C22H22ClN3O/c1-26(15-17-12-13-20(23)24-14-17)16-21(27)25-22(18-8-4-2-5-9-18)19-10-6-3-7-11-19/h2-14,22H,15-16H2,1H3,(H,25,27). The van der Waals surface area contributed by atoms with Crippen molar-refractivity contribution < 1.29 is 4.79 Å². The zero-order valence-electron chi connectivity index (χ0n) is 15.2. The molecule has 0 aliphatic rings. The molecule has 0 fully saturated rings. The van der Waals surface area contributed by atoms with Gasteiger partial charge in [0, 0.05) is 12.7 Å². The number of rotatable bonds is 7. The Bertz CT molecular complexity index is 814. The van der Waals surface area contributed by atoms with Crippen LogP contribution < -0.4 is 5.32 Å². The Balaban J connectivity index is 1.66. The second-order valence-corrected chi connectivity index (χ2v) is 6.87. The number of nitrogens with zero attached hydrogens (tertiary/aromatic N) is 2. The van der Waals surface area contributed by atoms with E-state index in [-0.39, 0.29) is 11.9 Å². The van der Waals surface area contributed by atoms with Crippen molar-refractivity contribution in [3.05, 3.63) is 101 Å². The molecule has 138 valence electrons. The van der Waals surface area contributed by atoms with Gasteiger partial charge in [-0.05, 0) is 29.8 Å². The van der Waals surface area contributed by atoms with E-state index in [2.05, 4.69) is 10.3 Å². The highest BCUT2D eigenvalue weighted by Crippen LogP contribution is 2.21. The number of halogens is 1. The minimum Gasteiger partial charge on any atom is -0.344 e. The van der Waals surface area contributed by atoms with Gasteiger partial charge in [0.15, 0.2) is 0 Å². The summed E-state index contributed by atoms with van der Waals surface area (Å²) in [6.45, 7) is 0.914. The van der Waals surface area contributed by atoms with Gasteiger partial charge in [-0.25, -0.2) is 4.98 Å². The maximum Gasteiger partial charge on any atom is 0.234 e. The van der Waals surface area contributed by atoms with E-state index in [1.165, 1.54) is 0 Å². The van der Waals surface area contributed by atoms with E-state index in [0.29, 0.717) is 18.2 Å². The minimum absolute atomic E-state index is 0.0304.